The molecule has 7 nitrogen and oxygen atoms in total. The fraction of sp³-hybridized carbons (Fsp3) is 0.579. The van der Waals surface area contributed by atoms with Crippen LogP contribution in [0.3, 0.4) is 0 Å². The van der Waals surface area contributed by atoms with E-state index in [4.69, 9.17) is 9.47 Å². The molecule has 1 saturated heterocycles. The molecular weight excluding hydrogens is 334 g/mol. The number of urea groups is 1. The zero-order valence-corrected chi connectivity index (χ0v) is 15.9. The van der Waals surface area contributed by atoms with Crippen LogP contribution in [0.15, 0.2) is 18.2 Å². The van der Waals surface area contributed by atoms with Crippen molar-refractivity contribution in [3.63, 3.8) is 0 Å². The Balaban J connectivity index is 1.93. The molecule has 1 heterocycles. The van der Waals surface area contributed by atoms with Crippen LogP contribution in [-0.2, 0) is 11.2 Å². The van der Waals surface area contributed by atoms with Crippen molar-refractivity contribution in [1.29, 1.82) is 0 Å². The number of rotatable bonds is 6. The Morgan fingerprint density at radius 1 is 1.04 bits per heavy atom. The first kappa shape index (κ1) is 19.9. The molecule has 0 saturated carbocycles. The third-order valence-corrected chi connectivity index (χ3v) is 4.47. The number of hydrogen-bond donors (Lipinski definition) is 1. The van der Waals surface area contributed by atoms with Crippen LogP contribution in [0.25, 0.3) is 0 Å². The summed E-state index contributed by atoms with van der Waals surface area (Å²) >= 11 is 0. The Morgan fingerprint density at radius 2 is 1.73 bits per heavy atom. The smallest absolute Gasteiger partial charge is 0.317 e. The quantitative estimate of drug-likeness (QED) is 0.838. The summed E-state index contributed by atoms with van der Waals surface area (Å²) in [5.41, 5.74) is 0.884. The highest BCUT2D eigenvalue weighted by atomic mass is 16.5. The van der Waals surface area contributed by atoms with Gasteiger partial charge in [-0.15, -0.1) is 0 Å². The van der Waals surface area contributed by atoms with Crippen molar-refractivity contribution >= 4 is 11.9 Å². The minimum absolute atomic E-state index is 0.0407. The van der Waals surface area contributed by atoms with Crippen LogP contribution in [0.4, 0.5) is 4.79 Å². The van der Waals surface area contributed by atoms with Gasteiger partial charge in [-0.05, 0) is 30.5 Å². The molecule has 0 aliphatic carbocycles. The molecule has 7 heteroatoms. The van der Waals surface area contributed by atoms with Crippen LogP contribution in [0.5, 0.6) is 11.5 Å². The number of nitrogens with one attached hydrogen (secondary N) is 1. The molecular formula is C19H29N3O4. The fourth-order valence-corrected chi connectivity index (χ4v) is 2.99. The zero-order chi connectivity index (χ0) is 18.9. The summed E-state index contributed by atoms with van der Waals surface area (Å²) in [4.78, 5) is 28.4. The summed E-state index contributed by atoms with van der Waals surface area (Å²) in [5, 5.41) is 2.89. The average molecular weight is 363 g/mol. The monoisotopic (exact) mass is 363 g/mol. The van der Waals surface area contributed by atoms with Crippen molar-refractivity contribution < 1.29 is 19.1 Å². The predicted octanol–water partition coefficient (Wildman–Crippen LogP) is 1.90. The SMILES string of the molecule is CCCNC(=O)N1CCCN(C(=O)Cc2ccc(OC)c(OC)c2)CC1. The molecule has 2 rings (SSSR count). The third kappa shape index (κ3) is 5.28. The lowest BCUT2D eigenvalue weighted by Gasteiger charge is -2.22. The minimum atomic E-state index is -0.0407. The van der Waals surface area contributed by atoms with E-state index >= 15 is 0 Å². The first-order chi connectivity index (χ1) is 12.6. The van der Waals surface area contributed by atoms with E-state index in [1.807, 2.05) is 30.0 Å². The highest BCUT2D eigenvalue weighted by molar-refractivity contribution is 5.79. The molecule has 0 unspecified atom stereocenters. The predicted molar refractivity (Wildman–Crippen MR) is 99.7 cm³/mol. The lowest BCUT2D eigenvalue weighted by atomic mass is 10.1. The average Bonchev–Trinajstić information content (AvgIpc) is 2.92. The van der Waals surface area contributed by atoms with Crippen LogP contribution >= 0.6 is 0 Å². The summed E-state index contributed by atoms with van der Waals surface area (Å²) in [6, 6.07) is 5.48. The molecule has 3 amide bonds. The molecule has 26 heavy (non-hydrogen) atoms. The van der Waals surface area contributed by atoms with E-state index in [2.05, 4.69) is 5.32 Å². The number of methoxy groups -OCH3 is 2. The van der Waals surface area contributed by atoms with Crippen molar-refractivity contribution in [1.82, 2.24) is 15.1 Å². The Morgan fingerprint density at radius 3 is 2.42 bits per heavy atom. The van der Waals surface area contributed by atoms with Crippen LogP contribution < -0.4 is 14.8 Å². The van der Waals surface area contributed by atoms with E-state index in [9.17, 15) is 9.59 Å². The Bertz CT molecular complexity index is 621. The first-order valence-corrected chi connectivity index (χ1v) is 9.10. The van der Waals surface area contributed by atoms with Gasteiger partial charge < -0.3 is 24.6 Å². The van der Waals surface area contributed by atoms with E-state index in [0.717, 1.165) is 18.4 Å². The van der Waals surface area contributed by atoms with Crippen LogP contribution in [0.2, 0.25) is 0 Å². The topological polar surface area (TPSA) is 71.1 Å². The van der Waals surface area contributed by atoms with Gasteiger partial charge in [0.25, 0.3) is 0 Å². The molecule has 1 N–H and O–H groups in total. The summed E-state index contributed by atoms with van der Waals surface area (Å²) in [6.45, 7) is 5.17. The molecule has 0 radical (unpaired) electrons. The van der Waals surface area contributed by atoms with E-state index in [1.165, 1.54) is 0 Å². The number of hydrogen-bond acceptors (Lipinski definition) is 4. The van der Waals surface area contributed by atoms with Gasteiger partial charge in [0.05, 0.1) is 20.6 Å². The van der Waals surface area contributed by atoms with Crippen molar-refractivity contribution in [2.75, 3.05) is 46.9 Å². The maximum absolute atomic E-state index is 12.7. The zero-order valence-electron chi connectivity index (χ0n) is 15.9. The summed E-state index contributed by atoms with van der Waals surface area (Å²) < 4.78 is 10.5. The molecule has 1 fully saturated rings. The Hall–Kier alpha value is -2.44. The van der Waals surface area contributed by atoms with Gasteiger partial charge in [-0.2, -0.15) is 0 Å². The number of ether oxygens (including phenoxy) is 2. The number of amides is 3. The second-order valence-corrected chi connectivity index (χ2v) is 6.32. The van der Waals surface area contributed by atoms with E-state index in [0.29, 0.717) is 50.6 Å². The van der Waals surface area contributed by atoms with Gasteiger partial charge in [0, 0.05) is 32.7 Å². The maximum atomic E-state index is 12.7. The van der Waals surface area contributed by atoms with Crippen LogP contribution in [-0.4, -0.2) is 68.7 Å². The van der Waals surface area contributed by atoms with E-state index in [1.54, 1.807) is 19.1 Å². The Labute approximate surface area is 155 Å². The summed E-state index contributed by atoms with van der Waals surface area (Å²) in [5.74, 6) is 1.33. The van der Waals surface area contributed by atoms with Gasteiger partial charge in [0.2, 0.25) is 5.91 Å². The largest absolute Gasteiger partial charge is 0.493 e. The molecule has 1 aliphatic heterocycles. The van der Waals surface area contributed by atoms with Crippen molar-refractivity contribution in [3.8, 4) is 11.5 Å². The molecule has 144 valence electrons. The molecule has 1 aromatic rings. The third-order valence-electron chi connectivity index (χ3n) is 4.47. The standard InChI is InChI=1S/C19H29N3O4/c1-4-8-20-19(24)22-10-5-9-21(11-12-22)18(23)14-15-6-7-16(25-2)17(13-15)26-3/h6-7,13H,4-5,8-12,14H2,1-3H3,(H,20,24). The maximum Gasteiger partial charge on any atom is 0.317 e. The van der Waals surface area contributed by atoms with Gasteiger partial charge >= 0.3 is 6.03 Å². The van der Waals surface area contributed by atoms with Crippen molar-refractivity contribution in [3.05, 3.63) is 23.8 Å². The van der Waals surface area contributed by atoms with Gasteiger partial charge in [0.1, 0.15) is 0 Å². The second kappa shape index (κ2) is 9.89. The summed E-state index contributed by atoms with van der Waals surface area (Å²) in [6.07, 6.45) is 2.01. The van der Waals surface area contributed by atoms with Crippen LogP contribution in [0, 0.1) is 0 Å². The van der Waals surface area contributed by atoms with Crippen LogP contribution in [0.1, 0.15) is 25.3 Å². The normalized spacial score (nSPS) is 14.6. The number of carbonyl (C=O) groups is 2. The van der Waals surface area contributed by atoms with Crippen molar-refractivity contribution in [2.24, 2.45) is 0 Å². The fourth-order valence-electron chi connectivity index (χ4n) is 2.99. The van der Waals surface area contributed by atoms with E-state index in [-0.39, 0.29) is 11.9 Å². The molecule has 0 aromatic heterocycles. The van der Waals surface area contributed by atoms with Gasteiger partial charge in [-0.3, -0.25) is 4.79 Å². The number of carbonyl (C=O) groups excluding carboxylic acids is 2. The number of benzene rings is 1. The lowest BCUT2D eigenvalue weighted by Crippen LogP contribution is -2.43. The van der Waals surface area contributed by atoms with Crippen molar-refractivity contribution in [2.45, 2.75) is 26.2 Å². The van der Waals surface area contributed by atoms with Gasteiger partial charge in [0.15, 0.2) is 11.5 Å². The van der Waals surface area contributed by atoms with Gasteiger partial charge in [-0.25, -0.2) is 4.79 Å². The lowest BCUT2D eigenvalue weighted by molar-refractivity contribution is -0.130. The molecule has 0 atom stereocenters. The van der Waals surface area contributed by atoms with Gasteiger partial charge in [-0.1, -0.05) is 13.0 Å². The molecule has 1 aliphatic rings. The summed E-state index contributed by atoms with van der Waals surface area (Å²) in [7, 11) is 3.17. The second-order valence-electron chi connectivity index (χ2n) is 6.32. The number of nitrogens with zero attached hydrogens (tertiary/aromatic N) is 2. The van der Waals surface area contributed by atoms with E-state index < -0.39 is 0 Å². The highest BCUT2D eigenvalue weighted by Gasteiger charge is 2.22. The minimum Gasteiger partial charge on any atom is -0.493 e. The molecule has 0 spiro atoms. The Kier molecular flexibility index (Phi) is 7.56. The highest BCUT2D eigenvalue weighted by Crippen LogP contribution is 2.27. The molecule has 0 bridgehead atoms. The molecule has 1 aromatic carbocycles. The first-order valence-electron chi connectivity index (χ1n) is 9.10.